The van der Waals surface area contributed by atoms with Crippen LogP contribution in [0.1, 0.15) is 258 Å². The molecule has 0 heterocycles. The van der Waals surface area contributed by atoms with Gasteiger partial charge in [0.2, 0.25) is 5.91 Å². The van der Waals surface area contributed by atoms with E-state index in [9.17, 15) is 19.4 Å². The van der Waals surface area contributed by atoms with E-state index in [0.717, 1.165) is 38.5 Å². The van der Waals surface area contributed by atoms with Crippen molar-refractivity contribution in [3.63, 3.8) is 0 Å². The zero-order chi connectivity index (χ0) is 42.8. The van der Waals surface area contributed by atoms with Gasteiger partial charge in [-0.2, -0.15) is 0 Å². The summed E-state index contributed by atoms with van der Waals surface area (Å²) in [7, 11) is 1.63. The number of nitrogens with zero attached hydrogens (tertiary/aromatic N) is 1. The molecule has 0 aliphatic heterocycles. The zero-order valence-corrected chi connectivity index (χ0v) is 40.5. The lowest BCUT2D eigenvalue weighted by Crippen LogP contribution is -2.46. The molecule has 0 radical (unpaired) electrons. The molecule has 3 atom stereocenters. The lowest BCUT2D eigenvalue weighted by molar-refractivity contribution is -0.870. The van der Waals surface area contributed by atoms with E-state index >= 15 is 0 Å². The standard InChI is InChI=1S/C49H101N2O6P/c1-6-8-10-12-14-16-18-19-20-21-22-23-24-25-26-27-28-29-30-31-33-35-37-39-41-43-49(53)50-47(46-57-58(54,55)56-45-44-51(3,4)5)48(52)42-40-38-36-34-32-17-15-13-11-9-7-2/h47-48,52H,6-46H2,1-5H3,(H-,50,53,54,55)/p+1. The first-order valence-corrected chi connectivity index (χ1v) is 26.9. The van der Waals surface area contributed by atoms with E-state index in [2.05, 4.69) is 19.2 Å². The van der Waals surface area contributed by atoms with Gasteiger partial charge in [0.05, 0.1) is 39.9 Å². The van der Waals surface area contributed by atoms with Gasteiger partial charge in [0, 0.05) is 6.42 Å². The number of carbonyl (C=O) groups excluding carboxylic acids is 1. The van der Waals surface area contributed by atoms with Crippen molar-refractivity contribution in [2.75, 3.05) is 40.9 Å². The van der Waals surface area contributed by atoms with Gasteiger partial charge in [-0.3, -0.25) is 13.8 Å². The number of nitrogens with one attached hydrogen (secondary N) is 1. The highest BCUT2D eigenvalue weighted by atomic mass is 31.2. The number of hydrogen-bond acceptors (Lipinski definition) is 5. The van der Waals surface area contributed by atoms with E-state index in [1.807, 2.05) is 21.1 Å². The number of carbonyl (C=O) groups is 1. The first-order valence-electron chi connectivity index (χ1n) is 25.4. The summed E-state index contributed by atoms with van der Waals surface area (Å²) in [5.74, 6) is -0.139. The van der Waals surface area contributed by atoms with Crippen LogP contribution in [0.2, 0.25) is 0 Å². The zero-order valence-electron chi connectivity index (χ0n) is 39.6. The van der Waals surface area contributed by atoms with Crippen LogP contribution in [-0.4, -0.2) is 73.4 Å². The van der Waals surface area contributed by atoms with Gasteiger partial charge < -0.3 is 19.8 Å². The second kappa shape index (κ2) is 41.8. The van der Waals surface area contributed by atoms with Gasteiger partial charge in [-0.15, -0.1) is 0 Å². The highest BCUT2D eigenvalue weighted by Gasteiger charge is 2.28. The van der Waals surface area contributed by atoms with E-state index in [0.29, 0.717) is 23.9 Å². The normalized spacial score (nSPS) is 14.1. The topological polar surface area (TPSA) is 105 Å². The number of hydrogen-bond donors (Lipinski definition) is 3. The third-order valence-electron chi connectivity index (χ3n) is 11.9. The Morgan fingerprint density at radius 3 is 1.16 bits per heavy atom. The van der Waals surface area contributed by atoms with Crippen molar-refractivity contribution in [3.8, 4) is 0 Å². The molecule has 8 nitrogen and oxygen atoms in total. The predicted octanol–water partition coefficient (Wildman–Crippen LogP) is 14.5. The van der Waals surface area contributed by atoms with E-state index in [1.165, 1.54) is 193 Å². The quantitative estimate of drug-likeness (QED) is 0.0320. The number of quaternary nitrogens is 1. The Kier molecular flexibility index (Phi) is 41.5. The molecule has 0 aliphatic carbocycles. The summed E-state index contributed by atoms with van der Waals surface area (Å²) in [4.78, 5) is 23.2. The maximum Gasteiger partial charge on any atom is 0.472 e. The molecule has 0 aromatic carbocycles. The lowest BCUT2D eigenvalue weighted by Gasteiger charge is -2.26. The van der Waals surface area contributed by atoms with Crippen LogP contribution in [0.5, 0.6) is 0 Å². The third-order valence-corrected chi connectivity index (χ3v) is 12.8. The average molecular weight is 846 g/mol. The lowest BCUT2D eigenvalue weighted by atomic mass is 10.0. The monoisotopic (exact) mass is 846 g/mol. The Labute approximate surface area is 361 Å². The van der Waals surface area contributed by atoms with Crippen LogP contribution in [0.25, 0.3) is 0 Å². The summed E-state index contributed by atoms with van der Waals surface area (Å²) in [6, 6.07) is -0.752. The second-order valence-electron chi connectivity index (χ2n) is 18.9. The fourth-order valence-corrected chi connectivity index (χ4v) is 8.55. The number of unbranched alkanes of at least 4 members (excludes halogenated alkanes) is 34. The van der Waals surface area contributed by atoms with Crippen molar-refractivity contribution in [3.05, 3.63) is 0 Å². The van der Waals surface area contributed by atoms with E-state index < -0.39 is 20.0 Å². The molecule has 1 amide bonds. The molecule has 0 saturated heterocycles. The third kappa shape index (κ3) is 43.6. The molecule has 0 aromatic heterocycles. The minimum absolute atomic E-state index is 0.0786. The molecule has 0 saturated carbocycles. The number of rotatable bonds is 47. The molecule has 0 aliphatic rings. The van der Waals surface area contributed by atoms with Gasteiger partial charge >= 0.3 is 7.82 Å². The average Bonchev–Trinajstić information content (AvgIpc) is 3.17. The van der Waals surface area contributed by atoms with Crippen LogP contribution in [0.15, 0.2) is 0 Å². The molecule has 0 rings (SSSR count). The fourth-order valence-electron chi connectivity index (χ4n) is 7.81. The largest absolute Gasteiger partial charge is 0.472 e. The van der Waals surface area contributed by atoms with Crippen molar-refractivity contribution >= 4 is 13.7 Å². The summed E-state index contributed by atoms with van der Waals surface area (Å²) >= 11 is 0. The highest BCUT2D eigenvalue weighted by molar-refractivity contribution is 7.47. The molecule has 0 spiro atoms. The predicted molar refractivity (Wildman–Crippen MR) is 249 cm³/mol. The Bertz CT molecular complexity index is 916. The number of amides is 1. The minimum atomic E-state index is -4.31. The van der Waals surface area contributed by atoms with Crippen molar-refractivity contribution in [1.29, 1.82) is 0 Å². The van der Waals surface area contributed by atoms with Crippen LogP contribution in [0, 0.1) is 0 Å². The van der Waals surface area contributed by atoms with Crippen molar-refractivity contribution in [1.82, 2.24) is 5.32 Å². The minimum Gasteiger partial charge on any atom is -0.391 e. The Hall–Kier alpha value is -0.500. The SMILES string of the molecule is CCCCCCCCCCCCCCCCCCCCCCCCCCCC(=O)NC(COP(=O)(O)OCC[N+](C)(C)C)C(O)CCCCCCCCCCCCC. The van der Waals surface area contributed by atoms with Gasteiger partial charge in [-0.05, 0) is 12.8 Å². The van der Waals surface area contributed by atoms with Crippen LogP contribution in [0.3, 0.4) is 0 Å². The van der Waals surface area contributed by atoms with Crippen LogP contribution in [0.4, 0.5) is 0 Å². The first-order chi connectivity index (χ1) is 28.0. The fraction of sp³-hybridized carbons (Fsp3) is 0.980. The summed E-state index contributed by atoms with van der Waals surface area (Å²) in [5, 5.41) is 14.0. The Morgan fingerprint density at radius 1 is 0.517 bits per heavy atom. The number of aliphatic hydroxyl groups excluding tert-OH is 1. The number of aliphatic hydroxyl groups is 1. The number of phosphoric acid groups is 1. The molecule has 0 aromatic rings. The smallest absolute Gasteiger partial charge is 0.391 e. The summed E-state index contributed by atoms with van der Waals surface area (Å²) in [5.41, 5.74) is 0. The van der Waals surface area contributed by atoms with Crippen LogP contribution >= 0.6 is 7.82 Å². The van der Waals surface area contributed by atoms with Gasteiger partial charge in [0.1, 0.15) is 13.2 Å². The van der Waals surface area contributed by atoms with Crippen molar-refractivity contribution in [2.24, 2.45) is 0 Å². The summed E-state index contributed by atoms with van der Waals surface area (Å²) < 4.78 is 23.6. The van der Waals surface area contributed by atoms with Gasteiger partial charge in [0.15, 0.2) is 0 Å². The molecular weight excluding hydrogens is 744 g/mol. The van der Waals surface area contributed by atoms with Crippen molar-refractivity contribution < 1.29 is 32.9 Å². The number of phosphoric ester groups is 1. The summed E-state index contributed by atoms with van der Waals surface area (Å²) in [6.45, 7) is 4.91. The number of likely N-dealkylation sites (N-methyl/N-ethyl adjacent to an activating group) is 1. The maximum absolute atomic E-state index is 12.9. The van der Waals surface area contributed by atoms with Crippen molar-refractivity contribution in [2.45, 2.75) is 270 Å². The Balaban J connectivity index is 4.07. The highest BCUT2D eigenvalue weighted by Crippen LogP contribution is 2.43. The molecule has 0 bridgehead atoms. The summed E-state index contributed by atoms with van der Waals surface area (Å²) in [6.07, 6.45) is 47.2. The van der Waals surface area contributed by atoms with Crippen LogP contribution < -0.4 is 5.32 Å². The molecule has 3 N–H and O–H groups in total. The van der Waals surface area contributed by atoms with E-state index in [4.69, 9.17) is 9.05 Å². The van der Waals surface area contributed by atoms with E-state index in [1.54, 1.807) is 0 Å². The molecular formula is C49H102N2O6P+. The van der Waals surface area contributed by atoms with Gasteiger partial charge in [0.25, 0.3) is 0 Å². The molecule has 0 fully saturated rings. The van der Waals surface area contributed by atoms with E-state index in [-0.39, 0.29) is 19.1 Å². The second-order valence-corrected chi connectivity index (χ2v) is 20.4. The van der Waals surface area contributed by atoms with Gasteiger partial charge in [-0.25, -0.2) is 4.57 Å². The molecule has 348 valence electrons. The first kappa shape index (κ1) is 57.5. The van der Waals surface area contributed by atoms with Gasteiger partial charge in [-0.1, -0.05) is 239 Å². The molecule has 58 heavy (non-hydrogen) atoms. The maximum atomic E-state index is 12.9. The van der Waals surface area contributed by atoms with Crippen LogP contribution in [-0.2, 0) is 18.4 Å². The molecule has 3 unspecified atom stereocenters. The Morgan fingerprint density at radius 2 is 0.828 bits per heavy atom. The molecule has 9 heteroatoms.